The zero-order chi connectivity index (χ0) is 18.0. The van der Waals surface area contributed by atoms with Gasteiger partial charge in [-0.1, -0.05) is 6.07 Å². The van der Waals surface area contributed by atoms with E-state index in [9.17, 15) is 14.3 Å². The highest BCUT2D eigenvalue weighted by atomic mass is 19.1. The molecule has 3 rings (SSSR count). The first-order valence-electron chi connectivity index (χ1n) is 9.15. The topological polar surface area (TPSA) is 72.8 Å². The molecule has 25 heavy (non-hydrogen) atoms. The van der Waals surface area contributed by atoms with E-state index in [4.69, 9.17) is 5.11 Å². The molecule has 0 bridgehead atoms. The number of phenols is 1. The van der Waals surface area contributed by atoms with E-state index in [1.165, 1.54) is 6.07 Å². The van der Waals surface area contributed by atoms with Crippen LogP contribution in [0.5, 0.6) is 5.75 Å². The second-order valence-corrected chi connectivity index (χ2v) is 7.37. The highest BCUT2D eigenvalue weighted by molar-refractivity contribution is 5.99. The number of rotatable bonds is 6. The summed E-state index contributed by atoms with van der Waals surface area (Å²) in [6.45, 7) is 4.03. The lowest BCUT2D eigenvalue weighted by Crippen LogP contribution is -2.39. The minimum Gasteiger partial charge on any atom is -0.505 e. The Morgan fingerprint density at radius 1 is 1.32 bits per heavy atom. The largest absolute Gasteiger partial charge is 0.505 e. The van der Waals surface area contributed by atoms with Gasteiger partial charge < -0.3 is 20.4 Å². The number of fused-ring (bicyclic) bond motifs is 1. The summed E-state index contributed by atoms with van der Waals surface area (Å²) in [5.41, 5.74) is 0.700. The number of aliphatic hydroxyl groups is 1. The summed E-state index contributed by atoms with van der Waals surface area (Å²) in [6.07, 6.45) is 4.33. The van der Waals surface area contributed by atoms with Gasteiger partial charge in [-0.25, -0.2) is 4.39 Å². The van der Waals surface area contributed by atoms with E-state index >= 15 is 0 Å². The van der Waals surface area contributed by atoms with Gasteiger partial charge >= 0.3 is 0 Å². The molecule has 1 fully saturated rings. The number of carbonyl (C=O) groups is 1. The van der Waals surface area contributed by atoms with Crippen molar-refractivity contribution < 1.29 is 19.4 Å². The van der Waals surface area contributed by atoms with Gasteiger partial charge in [0.2, 0.25) is 0 Å². The van der Waals surface area contributed by atoms with Gasteiger partial charge in [-0.05, 0) is 56.1 Å². The lowest BCUT2D eigenvalue weighted by atomic mass is 9.78. The number of amides is 1. The molecular weight excluding hydrogens is 323 g/mol. The van der Waals surface area contributed by atoms with E-state index in [-0.39, 0.29) is 18.1 Å². The zero-order valence-electron chi connectivity index (χ0n) is 14.7. The molecule has 1 aliphatic heterocycles. The lowest BCUT2D eigenvalue weighted by Gasteiger charge is -2.34. The van der Waals surface area contributed by atoms with Gasteiger partial charge in [0.05, 0.1) is 12.2 Å². The number of aromatic hydroxyl groups is 1. The monoisotopic (exact) mass is 350 g/mol. The van der Waals surface area contributed by atoms with Gasteiger partial charge in [-0.3, -0.25) is 4.79 Å². The van der Waals surface area contributed by atoms with Crippen molar-refractivity contribution in [2.75, 3.05) is 19.7 Å². The summed E-state index contributed by atoms with van der Waals surface area (Å²) in [7, 11) is 0. The van der Waals surface area contributed by atoms with Gasteiger partial charge in [-0.2, -0.15) is 0 Å². The van der Waals surface area contributed by atoms with E-state index in [1.807, 2.05) is 0 Å². The predicted octanol–water partition coefficient (Wildman–Crippen LogP) is 2.26. The summed E-state index contributed by atoms with van der Waals surface area (Å²) in [6, 6.07) is 3.34. The molecule has 0 aromatic heterocycles. The molecular formula is C19H27FN2O3. The maximum Gasteiger partial charge on any atom is 0.257 e. The van der Waals surface area contributed by atoms with Crippen molar-refractivity contribution in [3.63, 3.8) is 0 Å². The fraction of sp³-hybridized carbons (Fsp3) is 0.632. The normalized spacial score (nSPS) is 24.4. The molecule has 1 unspecified atom stereocenters. The Hall–Kier alpha value is -1.66. The number of carbonyl (C=O) groups excluding carboxylic acids is 1. The highest BCUT2D eigenvalue weighted by Gasteiger charge is 2.34. The Morgan fingerprint density at radius 3 is 2.72 bits per heavy atom. The van der Waals surface area contributed by atoms with Gasteiger partial charge in [-0.15, -0.1) is 0 Å². The molecule has 0 radical (unpaired) electrons. The minimum absolute atomic E-state index is 0.0375. The Labute approximate surface area is 147 Å². The second-order valence-electron chi connectivity index (χ2n) is 7.37. The lowest BCUT2D eigenvalue weighted by molar-refractivity contribution is 0.0721. The summed E-state index contributed by atoms with van der Waals surface area (Å²) >= 11 is 0. The van der Waals surface area contributed by atoms with E-state index in [0.717, 1.165) is 25.7 Å². The molecule has 1 atom stereocenters. The molecule has 0 saturated heterocycles. The van der Waals surface area contributed by atoms with Crippen molar-refractivity contribution in [2.45, 2.75) is 45.2 Å². The third-order valence-corrected chi connectivity index (χ3v) is 5.73. The Bertz CT molecular complexity index is 629. The Kier molecular flexibility index (Phi) is 5.59. The highest BCUT2D eigenvalue weighted by Crippen LogP contribution is 2.35. The minimum atomic E-state index is -0.794. The quantitative estimate of drug-likeness (QED) is 0.736. The molecule has 1 aliphatic carbocycles. The number of halogens is 1. The first-order chi connectivity index (χ1) is 12.0. The molecule has 1 aromatic rings. The predicted molar refractivity (Wildman–Crippen MR) is 92.8 cm³/mol. The van der Waals surface area contributed by atoms with Crippen LogP contribution in [0, 0.1) is 17.7 Å². The van der Waals surface area contributed by atoms with Crippen LogP contribution in [0.4, 0.5) is 4.39 Å². The molecule has 1 amide bonds. The number of nitrogens with zero attached hydrogens (tertiary/aromatic N) is 1. The number of aliphatic hydroxyl groups excluding tert-OH is 1. The smallest absolute Gasteiger partial charge is 0.257 e. The molecule has 1 aromatic carbocycles. The standard InChI is InChI=1S/C19H27FN2O3/c1-12(21-8-9-23)14-4-2-13(3-5-14)10-22-11-15-6-7-16(24)18(20)17(15)19(22)25/h6-7,12-14,21,23-24H,2-5,8-11H2,1H3. The summed E-state index contributed by atoms with van der Waals surface area (Å²) in [5.74, 6) is -0.514. The molecule has 6 heteroatoms. The van der Waals surface area contributed by atoms with Crippen LogP contribution in [0.1, 0.15) is 48.5 Å². The number of hydrogen-bond donors (Lipinski definition) is 3. The maximum absolute atomic E-state index is 14.0. The van der Waals surface area contributed by atoms with E-state index in [0.29, 0.717) is 43.1 Å². The molecule has 2 aliphatic rings. The molecule has 5 nitrogen and oxygen atoms in total. The van der Waals surface area contributed by atoms with Gasteiger partial charge in [0, 0.05) is 25.7 Å². The number of nitrogens with one attached hydrogen (secondary N) is 1. The average molecular weight is 350 g/mol. The van der Waals surface area contributed by atoms with Gasteiger partial charge in [0.25, 0.3) is 5.91 Å². The van der Waals surface area contributed by atoms with E-state index in [2.05, 4.69) is 12.2 Å². The van der Waals surface area contributed by atoms with Crippen molar-refractivity contribution in [1.82, 2.24) is 10.2 Å². The summed E-state index contributed by atoms with van der Waals surface area (Å²) in [4.78, 5) is 14.2. The van der Waals surface area contributed by atoms with Gasteiger partial charge in [0.15, 0.2) is 11.6 Å². The zero-order valence-corrected chi connectivity index (χ0v) is 14.7. The molecule has 1 heterocycles. The SMILES string of the molecule is CC(NCCO)C1CCC(CN2Cc3ccc(O)c(F)c3C2=O)CC1. The molecule has 3 N–H and O–H groups in total. The summed E-state index contributed by atoms with van der Waals surface area (Å²) < 4.78 is 14.0. The first kappa shape index (κ1) is 18.1. The van der Waals surface area contributed by atoms with Crippen LogP contribution >= 0.6 is 0 Å². The van der Waals surface area contributed by atoms with Crippen LogP contribution < -0.4 is 5.32 Å². The molecule has 1 saturated carbocycles. The second kappa shape index (κ2) is 7.70. The third kappa shape index (κ3) is 3.80. The Balaban J connectivity index is 1.54. The van der Waals surface area contributed by atoms with Crippen molar-refractivity contribution >= 4 is 5.91 Å². The van der Waals surface area contributed by atoms with E-state index < -0.39 is 11.6 Å². The van der Waals surface area contributed by atoms with Crippen LogP contribution in [0.15, 0.2) is 12.1 Å². The third-order valence-electron chi connectivity index (χ3n) is 5.73. The Morgan fingerprint density at radius 2 is 2.04 bits per heavy atom. The number of phenolic OH excluding ortho intramolecular Hbond substituents is 1. The fourth-order valence-corrected chi connectivity index (χ4v) is 4.19. The van der Waals surface area contributed by atoms with Crippen LogP contribution in [-0.4, -0.2) is 46.8 Å². The summed E-state index contributed by atoms with van der Waals surface area (Å²) in [5, 5.41) is 21.7. The van der Waals surface area contributed by atoms with Crippen LogP contribution in [0.2, 0.25) is 0 Å². The van der Waals surface area contributed by atoms with Crippen molar-refractivity contribution in [3.8, 4) is 5.75 Å². The fourth-order valence-electron chi connectivity index (χ4n) is 4.19. The van der Waals surface area contributed by atoms with Crippen molar-refractivity contribution in [3.05, 3.63) is 29.1 Å². The molecule has 0 spiro atoms. The van der Waals surface area contributed by atoms with Gasteiger partial charge in [0.1, 0.15) is 0 Å². The van der Waals surface area contributed by atoms with Crippen molar-refractivity contribution in [1.29, 1.82) is 0 Å². The van der Waals surface area contributed by atoms with Crippen LogP contribution in [0.25, 0.3) is 0 Å². The van der Waals surface area contributed by atoms with Crippen LogP contribution in [-0.2, 0) is 6.54 Å². The van der Waals surface area contributed by atoms with Crippen LogP contribution in [0.3, 0.4) is 0 Å². The van der Waals surface area contributed by atoms with E-state index in [1.54, 1.807) is 11.0 Å². The number of hydrogen-bond acceptors (Lipinski definition) is 4. The maximum atomic E-state index is 14.0. The van der Waals surface area contributed by atoms with Crippen molar-refractivity contribution in [2.24, 2.45) is 11.8 Å². The first-order valence-corrected chi connectivity index (χ1v) is 9.15. The average Bonchev–Trinajstić information content (AvgIpc) is 2.93. The number of benzene rings is 1. The molecule has 138 valence electrons.